The third-order valence-electron chi connectivity index (χ3n) is 1.46. The lowest BCUT2D eigenvalue weighted by Gasteiger charge is -2.16. The molecule has 0 aliphatic rings. The first-order chi connectivity index (χ1) is 3.50. The van der Waals surface area contributed by atoms with Gasteiger partial charge in [-0.05, 0) is 6.42 Å². The molecule has 0 saturated carbocycles. The monoisotopic (exact) mass is 166 g/mol. The second-order valence-corrected chi connectivity index (χ2v) is 4.51. The molecule has 0 spiro atoms. The fraction of sp³-hybridized carbons (Fsp3) is 1.00. The summed E-state index contributed by atoms with van der Waals surface area (Å²) in [7, 11) is -2.31. The molecule has 0 amide bonds. The van der Waals surface area contributed by atoms with Gasteiger partial charge in [-0.3, -0.25) is 4.57 Å². The molecule has 0 aliphatic heterocycles. The largest absolute Gasteiger partial charge is 0.346 e. The van der Waals surface area contributed by atoms with Crippen molar-refractivity contribution < 1.29 is 9.46 Å². The average molecular weight is 166 g/mol. The smallest absolute Gasteiger partial charge is 0.194 e. The van der Waals surface area contributed by atoms with Crippen molar-refractivity contribution in [2.45, 2.75) is 32.3 Å². The quantitative estimate of drug-likeness (QED) is 0.478. The highest BCUT2D eigenvalue weighted by Gasteiger charge is 2.20. The van der Waals surface area contributed by atoms with Crippen LogP contribution in [0.5, 0.6) is 0 Å². The first-order valence-electron chi connectivity index (χ1n) is 2.74. The molecule has 0 aromatic heterocycles. The Morgan fingerprint density at radius 2 is 1.89 bits per heavy atom. The molecule has 0 radical (unpaired) electrons. The molecule has 2 nitrogen and oxygen atoms in total. The van der Waals surface area contributed by atoms with Crippen molar-refractivity contribution in [3.63, 3.8) is 0 Å². The van der Waals surface area contributed by atoms with Crippen LogP contribution in [0.3, 0.4) is 0 Å². The van der Waals surface area contributed by atoms with Crippen molar-refractivity contribution in [1.29, 1.82) is 0 Å². The van der Waals surface area contributed by atoms with Gasteiger partial charge in [-0.25, -0.2) is 0 Å². The van der Waals surface area contributed by atoms with E-state index in [0.29, 0.717) is 0 Å². The van der Waals surface area contributed by atoms with E-state index >= 15 is 0 Å². The van der Waals surface area contributed by atoms with E-state index in [4.69, 9.17) is 4.89 Å². The van der Waals surface area contributed by atoms with Crippen molar-refractivity contribution in [2.75, 3.05) is 0 Å². The second-order valence-electron chi connectivity index (χ2n) is 2.54. The van der Waals surface area contributed by atoms with Crippen molar-refractivity contribution in [1.82, 2.24) is 0 Å². The molecule has 0 aromatic rings. The highest BCUT2D eigenvalue weighted by atomic mass is 31.1. The second kappa shape index (κ2) is 4.52. The lowest BCUT2D eigenvalue weighted by atomic mass is 10.1. The van der Waals surface area contributed by atoms with Crippen LogP contribution >= 0.6 is 8.03 Å². The summed E-state index contributed by atoms with van der Waals surface area (Å²) in [5.74, 6) is 0. The Bertz CT molecular complexity index is 103. The Hall–Kier alpha value is 0.722. The lowest BCUT2D eigenvalue weighted by molar-refractivity contribution is 0.459. The molecule has 0 rings (SSSR count). The molecule has 4 heteroatoms. The summed E-state index contributed by atoms with van der Waals surface area (Å²) >= 11 is 0. The molecule has 0 saturated heterocycles. The Kier molecular flexibility index (Phi) is 6.24. The van der Waals surface area contributed by atoms with Gasteiger partial charge in [0, 0.05) is 5.16 Å². The minimum Gasteiger partial charge on any atom is -0.346 e. The molecule has 1 atom stereocenters. The van der Waals surface area contributed by atoms with E-state index in [1.54, 1.807) is 13.8 Å². The minimum atomic E-state index is -2.31. The lowest BCUT2D eigenvalue weighted by Crippen LogP contribution is -2.11. The summed E-state index contributed by atoms with van der Waals surface area (Å²) < 4.78 is 10.4. The van der Waals surface area contributed by atoms with Crippen LogP contribution in [-0.2, 0) is 4.57 Å². The molecule has 9 heavy (non-hydrogen) atoms. The maximum Gasteiger partial charge on any atom is 0.194 e. The maximum absolute atomic E-state index is 10.4. The number of hydrogen-bond donors (Lipinski definition) is 1. The fourth-order valence-electron chi connectivity index (χ4n) is 0.151. The summed E-state index contributed by atoms with van der Waals surface area (Å²) in [4.78, 5) is 8.63. The van der Waals surface area contributed by atoms with Crippen LogP contribution in [0.1, 0.15) is 27.2 Å². The molecular formula is C5H16AlO2P. The van der Waals surface area contributed by atoms with Crippen molar-refractivity contribution in [3.05, 3.63) is 0 Å². The molecule has 1 N–H and O–H groups in total. The van der Waals surface area contributed by atoms with E-state index in [1.165, 1.54) is 0 Å². The zero-order chi connectivity index (χ0) is 6.78. The van der Waals surface area contributed by atoms with Crippen LogP contribution in [0.15, 0.2) is 0 Å². The summed E-state index contributed by atoms with van der Waals surface area (Å²) in [6.45, 7) is 5.52. The summed E-state index contributed by atoms with van der Waals surface area (Å²) in [5.41, 5.74) is 0. The Morgan fingerprint density at radius 1 is 1.56 bits per heavy atom. The zero-order valence-corrected chi connectivity index (χ0v) is 6.56. The Labute approximate surface area is 67.7 Å². The predicted molar refractivity (Wildman–Crippen MR) is 45.5 cm³/mol. The predicted octanol–water partition coefficient (Wildman–Crippen LogP) is 0.458. The van der Waals surface area contributed by atoms with E-state index in [9.17, 15) is 4.57 Å². The minimum absolute atomic E-state index is 0. The highest BCUT2D eigenvalue weighted by Crippen LogP contribution is 2.36. The Balaban J connectivity index is 0. The van der Waals surface area contributed by atoms with Crippen LogP contribution < -0.4 is 0 Å². The van der Waals surface area contributed by atoms with Gasteiger partial charge in [0.2, 0.25) is 0 Å². The third kappa shape index (κ3) is 4.17. The first kappa shape index (κ1) is 12.4. The van der Waals surface area contributed by atoms with Gasteiger partial charge in [-0.1, -0.05) is 20.8 Å². The van der Waals surface area contributed by atoms with Crippen molar-refractivity contribution in [3.8, 4) is 0 Å². The maximum atomic E-state index is 10.4. The summed E-state index contributed by atoms with van der Waals surface area (Å²) in [6.07, 6.45) is 0.765. The number of rotatable bonds is 2. The topological polar surface area (TPSA) is 37.3 Å². The SMILES string of the molecule is CCC(C)(C)[PH](=O)O.[AlH3]. The van der Waals surface area contributed by atoms with Gasteiger partial charge >= 0.3 is 0 Å². The van der Waals surface area contributed by atoms with Gasteiger partial charge in [0.1, 0.15) is 0 Å². The van der Waals surface area contributed by atoms with Crippen LogP contribution in [-0.4, -0.2) is 27.4 Å². The van der Waals surface area contributed by atoms with Gasteiger partial charge in [0.25, 0.3) is 0 Å². The van der Waals surface area contributed by atoms with Gasteiger partial charge in [0.15, 0.2) is 25.4 Å². The molecule has 0 heterocycles. The fourth-order valence-corrected chi connectivity index (χ4v) is 0.454. The molecule has 0 fully saturated rings. The van der Waals surface area contributed by atoms with E-state index < -0.39 is 8.03 Å². The molecule has 1 unspecified atom stereocenters. The van der Waals surface area contributed by atoms with E-state index in [2.05, 4.69) is 0 Å². The zero-order valence-electron chi connectivity index (χ0n) is 5.56. The molecule has 0 aliphatic carbocycles. The standard InChI is InChI=1S/C5H13O2P.Al.3H/c1-4-5(2,3)8(6)7;;;;/h8H,4H2,1-3H3,(H,6,7);;;;. The Morgan fingerprint density at radius 3 is 1.89 bits per heavy atom. The summed E-state index contributed by atoms with van der Waals surface area (Å²) in [5, 5.41) is -0.356. The first-order valence-corrected chi connectivity index (χ1v) is 4.09. The molecule has 0 aromatic carbocycles. The van der Waals surface area contributed by atoms with Crippen LogP contribution in [0.4, 0.5) is 0 Å². The van der Waals surface area contributed by atoms with E-state index in [1.807, 2.05) is 6.92 Å². The van der Waals surface area contributed by atoms with Gasteiger partial charge < -0.3 is 4.89 Å². The van der Waals surface area contributed by atoms with Crippen LogP contribution in [0.25, 0.3) is 0 Å². The van der Waals surface area contributed by atoms with Gasteiger partial charge in [-0.2, -0.15) is 0 Å². The van der Waals surface area contributed by atoms with Gasteiger partial charge in [-0.15, -0.1) is 0 Å². The average Bonchev–Trinajstić information content (AvgIpc) is 1.67. The normalized spacial score (nSPS) is 14.2. The molecule has 0 bridgehead atoms. The van der Waals surface area contributed by atoms with E-state index in [-0.39, 0.29) is 22.5 Å². The van der Waals surface area contributed by atoms with Crippen LogP contribution in [0.2, 0.25) is 0 Å². The van der Waals surface area contributed by atoms with E-state index in [0.717, 1.165) is 6.42 Å². The number of hydrogen-bond acceptors (Lipinski definition) is 1. The molecular weight excluding hydrogens is 150 g/mol. The molecule has 56 valence electrons. The van der Waals surface area contributed by atoms with Crippen LogP contribution in [0, 0.1) is 0 Å². The third-order valence-corrected chi connectivity index (χ3v) is 2.97. The van der Waals surface area contributed by atoms with Crippen molar-refractivity contribution in [2.24, 2.45) is 0 Å². The van der Waals surface area contributed by atoms with Gasteiger partial charge in [0.05, 0.1) is 0 Å². The summed E-state index contributed by atoms with van der Waals surface area (Å²) in [6, 6.07) is 0. The van der Waals surface area contributed by atoms with Crippen molar-refractivity contribution >= 4 is 25.4 Å². The highest BCUT2D eigenvalue weighted by molar-refractivity contribution is 7.39.